The standard InChI is InChI=1S/C19H20FN3O3/c20-15-7-13-16(12-4-3-11-8-21-5-6-22(11)17(12)15)23(10-1-2-10)9-14(18(13)24)19(25)26/h7,9-11,21H,1-6,8H2,(H,25,26)/t11-/m1/s1. The van der Waals surface area contributed by atoms with E-state index in [9.17, 15) is 14.7 Å². The third kappa shape index (κ3) is 2.19. The highest BCUT2D eigenvalue weighted by atomic mass is 19.1. The molecule has 26 heavy (non-hydrogen) atoms. The lowest BCUT2D eigenvalue weighted by molar-refractivity contribution is 0.0695. The molecule has 0 unspecified atom stereocenters. The number of rotatable bonds is 2. The Kier molecular flexibility index (Phi) is 3.37. The number of aryl methyl sites for hydroxylation is 1. The van der Waals surface area contributed by atoms with E-state index in [0.717, 1.165) is 50.0 Å². The van der Waals surface area contributed by atoms with Crippen LogP contribution in [-0.4, -0.2) is 41.3 Å². The molecule has 6 nitrogen and oxygen atoms in total. The Morgan fingerprint density at radius 3 is 2.81 bits per heavy atom. The van der Waals surface area contributed by atoms with E-state index in [1.165, 1.54) is 12.3 Å². The van der Waals surface area contributed by atoms with Gasteiger partial charge < -0.3 is 19.9 Å². The molecule has 2 aromatic rings. The highest BCUT2D eigenvalue weighted by Gasteiger charge is 2.35. The molecular weight excluding hydrogens is 337 g/mol. The summed E-state index contributed by atoms with van der Waals surface area (Å²) in [6, 6.07) is 1.72. The molecule has 3 aliphatic rings. The van der Waals surface area contributed by atoms with Crippen molar-refractivity contribution in [2.75, 3.05) is 24.5 Å². The summed E-state index contributed by atoms with van der Waals surface area (Å²) >= 11 is 0. The zero-order valence-corrected chi connectivity index (χ0v) is 14.3. The zero-order chi connectivity index (χ0) is 18.0. The molecule has 3 heterocycles. The average Bonchev–Trinajstić information content (AvgIpc) is 3.47. The summed E-state index contributed by atoms with van der Waals surface area (Å²) < 4.78 is 17.0. The van der Waals surface area contributed by atoms with Gasteiger partial charge in [-0.05, 0) is 31.7 Å². The number of halogens is 1. The van der Waals surface area contributed by atoms with E-state index in [-0.39, 0.29) is 23.0 Å². The van der Waals surface area contributed by atoms with Crippen LogP contribution in [-0.2, 0) is 6.42 Å². The Hall–Kier alpha value is -2.41. The van der Waals surface area contributed by atoms with Crippen molar-refractivity contribution in [3.8, 4) is 0 Å². The molecule has 0 spiro atoms. The van der Waals surface area contributed by atoms with Crippen LogP contribution in [0.5, 0.6) is 0 Å². The molecule has 1 atom stereocenters. The second-order valence-corrected chi connectivity index (χ2v) is 7.49. The number of carboxylic acid groups (broad SMARTS) is 1. The summed E-state index contributed by atoms with van der Waals surface area (Å²) in [6.45, 7) is 2.38. The van der Waals surface area contributed by atoms with Crippen LogP contribution in [0, 0.1) is 5.82 Å². The van der Waals surface area contributed by atoms with Gasteiger partial charge in [-0.25, -0.2) is 9.18 Å². The summed E-state index contributed by atoms with van der Waals surface area (Å²) in [4.78, 5) is 26.3. The van der Waals surface area contributed by atoms with Gasteiger partial charge in [-0.3, -0.25) is 4.79 Å². The maximum atomic E-state index is 15.1. The van der Waals surface area contributed by atoms with Gasteiger partial charge in [-0.2, -0.15) is 0 Å². The van der Waals surface area contributed by atoms with Crippen molar-refractivity contribution >= 4 is 22.6 Å². The first kappa shape index (κ1) is 15.8. The molecule has 7 heteroatoms. The molecule has 1 aromatic carbocycles. The fraction of sp³-hybridized carbons (Fsp3) is 0.474. The monoisotopic (exact) mass is 357 g/mol. The Morgan fingerprint density at radius 2 is 2.08 bits per heavy atom. The molecule has 1 aromatic heterocycles. The summed E-state index contributed by atoms with van der Waals surface area (Å²) in [6.07, 6.45) is 4.98. The minimum atomic E-state index is -1.26. The Labute approximate surface area is 149 Å². The molecule has 136 valence electrons. The lowest BCUT2D eigenvalue weighted by Gasteiger charge is -2.43. The summed E-state index contributed by atoms with van der Waals surface area (Å²) in [5, 5.41) is 12.9. The molecule has 1 saturated carbocycles. The lowest BCUT2D eigenvalue weighted by atomic mass is 9.91. The van der Waals surface area contributed by atoms with Gasteiger partial charge in [0.25, 0.3) is 0 Å². The molecule has 2 N–H and O–H groups in total. The second-order valence-electron chi connectivity index (χ2n) is 7.49. The topological polar surface area (TPSA) is 74.6 Å². The van der Waals surface area contributed by atoms with E-state index in [1.807, 2.05) is 4.57 Å². The van der Waals surface area contributed by atoms with Crippen LogP contribution >= 0.6 is 0 Å². The number of nitrogens with one attached hydrogen (secondary N) is 1. The largest absolute Gasteiger partial charge is 0.477 e. The number of carboxylic acids is 1. The molecule has 0 bridgehead atoms. The Balaban J connectivity index is 1.84. The number of aromatic nitrogens is 1. The molecular formula is C19H20FN3O3. The van der Waals surface area contributed by atoms with E-state index in [2.05, 4.69) is 10.2 Å². The van der Waals surface area contributed by atoms with Crippen LogP contribution < -0.4 is 15.6 Å². The Morgan fingerprint density at radius 1 is 1.27 bits per heavy atom. The van der Waals surface area contributed by atoms with E-state index in [0.29, 0.717) is 12.1 Å². The normalized spacial score (nSPS) is 22.2. The van der Waals surface area contributed by atoms with Gasteiger partial charge in [-0.1, -0.05) is 0 Å². The average molecular weight is 357 g/mol. The van der Waals surface area contributed by atoms with Crippen molar-refractivity contribution in [3.63, 3.8) is 0 Å². The second kappa shape index (κ2) is 5.54. The van der Waals surface area contributed by atoms with Crippen LogP contribution in [0.2, 0.25) is 0 Å². The Bertz CT molecular complexity index is 996. The van der Waals surface area contributed by atoms with Gasteiger partial charge in [-0.15, -0.1) is 0 Å². The van der Waals surface area contributed by atoms with Crippen molar-refractivity contribution in [3.05, 3.63) is 39.4 Å². The summed E-state index contributed by atoms with van der Waals surface area (Å²) in [7, 11) is 0. The number of anilines is 1. The predicted octanol–water partition coefficient (Wildman–Crippen LogP) is 1.90. The van der Waals surface area contributed by atoms with Crippen LogP contribution in [0.3, 0.4) is 0 Å². The number of hydrogen-bond donors (Lipinski definition) is 2. The number of piperazine rings is 1. The predicted molar refractivity (Wildman–Crippen MR) is 95.7 cm³/mol. The minimum absolute atomic E-state index is 0.196. The van der Waals surface area contributed by atoms with E-state index in [4.69, 9.17) is 0 Å². The maximum Gasteiger partial charge on any atom is 0.341 e. The number of hydrogen-bond acceptors (Lipinski definition) is 4. The smallest absolute Gasteiger partial charge is 0.341 e. The fourth-order valence-corrected chi connectivity index (χ4v) is 4.52. The third-order valence-electron chi connectivity index (χ3n) is 5.88. The van der Waals surface area contributed by atoms with E-state index < -0.39 is 17.2 Å². The molecule has 5 rings (SSSR count). The van der Waals surface area contributed by atoms with E-state index in [1.54, 1.807) is 0 Å². The first-order valence-corrected chi connectivity index (χ1v) is 9.17. The number of nitrogens with zero attached hydrogens (tertiary/aromatic N) is 2. The molecule has 0 amide bonds. The van der Waals surface area contributed by atoms with Crippen molar-refractivity contribution in [1.82, 2.24) is 9.88 Å². The first-order valence-electron chi connectivity index (χ1n) is 9.17. The highest BCUT2D eigenvalue weighted by Crippen LogP contribution is 2.42. The van der Waals surface area contributed by atoms with Crippen LogP contribution in [0.15, 0.2) is 17.1 Å². The molecule has 0 radical (unpaired) electrons. The lowest BCUT2D eigenvalue weighted by Crippen LogP contribution is -2.53. The summed E-state index contributed by atoms with van der Waals surface area (Å²) in [5.41, 5.74) is 1.33. The van der Waals surface area contributed by atoms with Gasteiger partial charge in [0.05, 0.1) is 11.2 Å². The van der Waals surface area contributed by atoms with Crippen molar-refractivity contribution in [2.45, 2.75) is 37.8 Å². The van der Waals surface area contributed by atoms with E-state index >= 15 is 4.39 Å². The van der Waals surface area contributed by atoms with Crippen LogP contribution in [0.1, 0.15) is 41.2 Å². The van der Waals surface area contributed by atoms with Crippen molar-refractivity contribution in [2.24, 2.45) is 0 Å². The van der Waals surface area contributed by atoms with Crippen molar-refractivity contribution < 1.29 is 14.3 Å². The van der Waals surface area contributed by atoms with Crippen molar-refractivity contribution in [1.29, 1.82) is 0 Å². The number of aromatic carboxylic acids is 1. The first-order chi connectivity index (χ1) is 12.6. The van der Waals surface area contributed by atoms with Gasteiger partial charge in [0.1, 0.15) is 11.4 Å². The molecule has 2 fully saturated rings. The van der Waals surface area contributed by atoms with Gasteiger partial charge in [0.2, 0.25) is 5.43 Å². The maximum absolute atomic E-state index is 15.1. The number of carbonyl (C=O) groups is 1. The van der Waals surface area contributed by atoms with Crippen LogP contribution in [0.4, 0.5) is 10.1 Å². The van der Waals surface area contributed by atoms with Gasteiger partial charge in [0.15, 0.2) is 0 Å². The molecule has 2 aliphatic heterocycles. The number of benzene rings is 1. The number of pyridine rings is 1. The third-order valence-corrected chi connectivity index (χ3v) is 5.88. The van der Waals surface area contributed by atoms with Gasteiger partial charge >= 0.3 is 5.97 Å². The quantitative estimate of drug-likeness (QED) is 0.859. The molecule has 1 aliphatic carbocycles. The highest BCUT2D eigenvalue weighted by molar-refractivity contribution is 5.95. The minimum Gasteiger partial charge on any atom is -0.477 e. The van der Waals surface area contributed by atoms with Crippen LogP contribution in [0.25, 0.3) is 10.9 Å². The fourth-order valence-electron chi connectivity index (χ4n) is 4.52. The SMILES string of the molecule is O=C(O)c1cn(C2CC2)c2c3c(c(F)cc2c1=O)N1CCNC[C@H]1CC3. The summed E-state index contributed by atoms with van der Waals surface area (Å²) in [5.74, 6) is -1.67. The van der Waals surface area contributed by atoms with Gasteiger partial charge in [0, 0.05) is 48.9 Å². The molecule has 1 saturated heterocycles. The number of fused-ring (bicyclic) bond motifs is 5. The zero-order valence-electron chi connectivity index (χ0n) is 14.3.